The Balaban J connectivity index is 2.23. The van der Waals surface area contributed by atoms with Crippen LogP contribution >= 0.6 is 0 Å². The molecule has 0 fully saturated rings. The second-order valence-electron chi connectivity index (χ2n) is 4.32. The third kappa shape index (κ3) is 3.39. The highest BCUT2D eigenvalue weighted by atomic mass is 16.4. The number of carbonyl (C=O) groups is 1. The molecule has 98 valence electrons. The van der Waals surface area contributed by atoms with E-state index in [2.05, 4.69) is 10.3 Å². The largest absolute Gasteiger partial charge is 0.480 e. The van der Waals surface area contributed by atoms with Crippen molar-refractivity contribution in [2.75, 3.05) is 7.05 Å². The number of nitrogens with zero attached hydrogens (tertiary/aromatic N) is 1. The van der Waals surface area contributed by atoms with Crippen molar-refractivity contribution in [3.05, 3.63) is 54.4 Å². The first-order chi connectivity index (χ1) is 9.20. The van der Waals surface area contributed by atoms with Crippen LogP contribution in [0.4, 0.5) is 0 Å². The third-order valence-corrected chi connectivity index (χ3v) is 3.03. The molecular formula is C15H16N2O2. The average molecular weight is 256 g/mol. The normalized spacial score (nSPS) is 12.1. The number of pyridine rings is 1. The summed E-state index contributed by atoms with van der Waals surface area (Å²) in [5.41, 5.74) is 3.14. The quantitative estimate of drug-likeness (QED) is 0.858. The smallest absolute Gasteiger partial charge is 0.321 e. The summed E-state index contributed by atoms with van der Waals surface area (Å²) in [5.74, 6) is -0.836. The summed E-state index contributed by atoms with van der Waals surface area (Å²) >= 11 is 0. The number of hydrogen-bond donors (Lipinski definition) is 2. The standard InChI is InChI=1S/C15H16N2O2/c1-16-14(15(18)19)10-11-3-2-4-13(9-11)12-5-7-17-8-6-12/h2-9,14,16H,10H2,1H3,(H,18,19). The van der Waals surface area contributed by atoms with E-state index >= 15 is 0 Å². The second kappa shape index (κ2) is 6.11. The first-order valence-corrected chi connectivity index (χ1v) is 6.10. The van der Waals surface area contributed by atoms with Crippen molar-refractivity contribution in [3.8, 4) is 11.1 Å². The molecule has 0 aliphatic heterocycles. The van der Waals surface area contributed by atoms with Crippen molar-refractivity contribution in [1.82, 2.24) is 10.3 Å². The first kappa shape index (κ1) is 13.2. The predicted molar refractivity (Wildman–Crippen MR) is 73.9 cm³/mol. The summed E-state index contributed by atoms with van der Waals surface area (Å²) in [4.78, 5) is 15.0. The van der Waals surface area contributed by atoms with Crippen LogP contribution in [0.15, 0.2) is 48.8 Å². The highest BCUT2D eigenvalue weighted by molar-refractivity contribution is 5.74. The van der Waals surface area contributed by atoms with Gasteiger partial charge in [-0.05, 0) is 42.3 Å². The van der Waals surface area contributed by atoms with Gasteiger partial charge in [-0.2, -0.15) is 0 Å². The fourth-order valence-electron chi connectivity index (χ4n) is 1.97. The molecule has 0 saturated carbocycles. The molecule has 0 aliphatic rings. The van der Waals surface area contributed by atoms with E-state index in [4.69, 9.17) is 5.11 Å². The van der Waals surface area contributed by atoms with Gasteiger partial charge in [0.05, 0.1) is 0 Å². The van der Waals surface area contributed by atoms with Crippen molar-refractivity contribution < 1.29 is 9.90 Å². The minimum atomic E-state index is -0.836. The minimum absolute atomic E-state index is 0.463. The van der Waals surface area contributed by atoms with Crippen LogP contribution in [0.25, 0.3) is 11.1 Å². The van der Waals surface area contributed by atoms with Crippen LogP contribution < -0.4 is 5.32 Å². The van der Waals surface area contributed by atoms with Gasteiger partial charge in [-0.3, -0.25) is 9.78 Å². The molecule has 0 saturated heterocycles. The van der Waals surface area contributed by atoms with Gasteiger partial charge < -0.3 is 10.4 Å². The lowest BCUT2D eigenvalue weighted by atomic mass is 10.00. The molecule has 1 unspecified atom stereocenters. The molecule has 1 aromatic carbocycles. The summed E-state index contributed by atoms with van der Waals surface area (Å²) in [6.07, 6.45) is 3.95. The maximum atomic E-state index is 11.0. The predicted octanol–water partition coefficient (Wildman–Crippen LogP) is 1.96. The number of aromatic nitrogens is 1. The molecule has 1 aromatic heterocycles. The van der Waals surface area contributed by atoms with Crippen LogP contribution in [0, 0.1) is 0 Å². The zero-order valence-corrected chi connectivity index (χ0v) is 10.7. The lowest BCUT2D eigenvalue weighted by molar-refractivity contribution is -0.139. The summed E-state index contributed by atoms with van der Waals surface area (Å²) in [5, 5.41) is 11.8. The molecule has 1 heterocycles. The Morgan fingerprint density at radius 1 is 1.26 bits per heavy atom. The Morgan fingerprint density at radius 3 is 2.63 bits per heavy atom. The third-order valence-electron chi connectivity index (χ3n) is 3.03. The van der Waals surface area contributed by atoms with Crippen molar-refractivity contribution in [3.63, 3.8) is 0 Å². The van der Waals surface area contributed by atoms with Gasteiger partial charge in [0, 0.05) is 12.4 Å². The van der Waals surface area contributed by atoms with Crippen LogP contribution in [0.1, 0.15) is 5.56 Å². The minimum Gasteiger partial charge on any atom is -0.480 e. The molecule has 0 radical (unpaired) electrons. The molecule has 0 amide bonds. The van der Waals surface area contributed by atoms with Gasteiger partial charge in [0.15, 0.2) is 0 Å². The molecule has 2 N–H and O–H groups in total. The van der Waals surface area contributed by atoms with E-state index in [1.165, 1.54) is 0 Å². The van der Waals surface area contributed by atoms with Crippen LogP contribution in [0.5, 0.6) is 0 Å². The zero-order valence-electron chi connectivity index (χ0n) is 10.7. The molecular weight excluding hydrogens is 240 g/mol. The van der Waals surface area contributed by atoms with E-state index in [0.717, 1.165) is 16.7 Å². The van der Waals surface area contributed by atoms with E-state index < -0.39 is 12.0 Å². The fourth-order valence-corrected chi connectivity index (χ4v) is 1.97. The number of rotatable bonds is 5. The van der Waals surface area contributed by atoms with Gasteiger partial charge in [0.1, 0.15) is 6.04 Å². The summed E-state index contributed by atoms with van der Waals surface area (Å²) in [6, 6.07) is 11.2. The molecule has 0 bridgehead atoms. The Kier molecular flexibility index (Phi) is 4.26. The highest BCUT2D eigenvalue weighted by Crippen LogP contribution is 2.20. The Bertz CT molecular complexity index is 555. The summed E-state index contributed by atoms with van der Waals surface area (Å²) in [7, 11) is 1.66. The number of carboxylic acid groups (broad SMARTS) is 1. The number of nitrogens with one attached hydrogen (secondary N) is 1. The molecule has 4 nitrogen and oxygen atoms in total. The maximum absolute atomic E-state index is 11.0. The van der Waals surface area contributed by atoms with Gasteiger partial charge >= 0.3 is 5.97 Å². The number of hydrogen-bond acceptors (Lipinski definition) is 3. The van der Waals surface area contributed by atoms with Crippen LogP contribution in [0.2, 0.25) is 0 Å². The average Bonchev–Trinajstić information content (AvgIpc) is 2.45. The summed E-state index contributed by atoms with van der Waals surface area (Å²) < 4.78 is 0. The maximum Gasteiger partial charge on any atom is 0.321 e. The molecule has 19 heavy (non-hydrogen) atoms. The van der Waals surface area contributed by atoms with Crippen LogP contribution in [-0.2, 0) is 11.2 Å². The molecule has 0 aliphatic carbocycles. The fraction of sp³-hybridized carbons (Fsp3) is 0.200. The van der Waals surface area contributed by atoms with Crippen molar-refractivity contribution in [2.45, 2.75) is 12.5 Å². The van der Waals surface area contributed by atoms with Gasteiger partial charge in [-0.25, -0.2) is 0 Å². The zero-order chi connectivity index (χ0) is 13.7. The number of likely N-dealkylation sites (N-methyl/N-ethyl adjacent to an activating group) is 1. The SMILES string of the molecule is CNC(Cc1cccc(-c2ccncc2)c1)C(=O)O. The van der Waals surface area contributed by atoms with Crippen LogP contribution in [0.3, 0.4) is 0 Å². The van der Waals surface area contributed by atoms with Crippen molar-refractivity contribution in [2.24, 2.45) is 0 Å². The first-order valence-electron chi connectivity index (χ1n) is 6.10. The number of benzene rings is 1. The van der Waals surface area contributed by atoms with E-state index in [0.29, 0.717) is 6.42 Å². The van der Waals surface area contributed by atoms with E-state index in [1.54, 1.807) is 19.4 Å². The van der Waals surface area contributed by atoms with Gasteiger partial charge in [0.25, 0.3) is 0 Å². The lowest BCUT2D eigenvalue weighted by Gasteiger charge is -2.12. The van der Waals surface area contributed by atoms with E-state index in [-0.39, 0.29) is 0 Å². The van der Waals surface area contributed by atoms with E-state index in [1.807, 2.05) is 36.4 Å². The van der Waals surface area contributed by atoms with Gasteiger partial charge in [-0.1, -0.05) is 24.3 Å². The lowest BCUT2D eigenvalue weighted by Crippen LogP contribution is -2.35. The monoisotopic (exact) mass is 256 g/mol. The van der Waals surface area contributed by atoms with Gasteiger partial charge in [0.2, 0.25) is 0 Å². The Morgan fingerprint density at radius 2 is 2.00 bits per heavy atom. The van der Waals surface area contributed by atoms with E-state index in [9.17, 15) is 4.79 Å². The number of aliphatic carboxylic acids is 1. The highest BCUT2D eigenvalue weighted by Gasteiger charge is 2.15. The molecule has 2 aromatic rings. The topological polar surface area (TPSA) is 62.2 Å². The summed E-state index contributed by atoms with van der Waals surface area (Å²) in [6.45, 7) is 0. The molecule has 1 atom stereocenters. The van der Waals surface area contributed by atoms with Crippen molar-refractivity contribution >= 4 is 5.97 Å². The Labute approximate surface area is 112 Å². The van der Waals surface area contributed by atoms with Crippen LogP contribution in [-0.4, -0.2) is 29.1 Å². The second-order valence-corrected chi connectivity index (χ2v) is 4.32. The molecule has 4 heteroatoms. The Hall–Kier alpha value is -2.20. The molecule has 2 rings (SSSR count). The number of carboxylic acids is 1. The van der Waals surface area contributed by atoms with Gasteiger partial charge in [-0.15, -0.1) is 0 Å². The van der Waals surface area contributed by atoms with Crippen molar-refractivity contribution in [1.29, 1.82) is 0 Å². The molecule has 0 spiro atoms.